The SMILES string of the molecule is CC[C@H](C)[C@H](N)C(=O)C(NC(=O)[C@@](C(=O)[C@@H](N)Cc1c[nH]cn1)(C(C)C)C(C(=O)C(O)c1ccnc2ccccc12)[C@H](O)[C@@H](N)CC1CCCCC1)c1ccccn1. The van der Waals surface area contributed by atoms with Gasteiger partial charge in [-0.3, -0.25) is 29.1 Å². The van der Waals surface area contributed by atoms with Crippen LogP contribution in [0, 0.1) is 29.1 Å². The van der Waals surface area contributed by atoms with Crippen LogP contribution in [0.25, 0.3) is 10.9 Å². The van der Waals surface area contributed by atoms with Crippen molar-refractivity contribution in [3.05, 3.63) is 90.4 Å². The number of carbonyl (C=O) groups is 4. The molecule has 9 atom stereocenters. The lowest BCUT2D eigenvalue weighted by Gasteiger charge is -2.46. The summed E-state index contributed by atoms with van der Waals surface area (Å²) in [7, 11) is 0. The van der Waals surface area contributed by atoms with E-state index in [0.717, 1.165) is 32.1 Å². The Morgan fingerprint density at radius 2 is 1.60 bits per heavy atom. The number of rotatable bonds is 20. The topological polar surface area (TPSA) is 253 Å². The number of aliphatic hydroxyl groups is 2. The molecule has 1 aliphatic rings. The lowest BCUT2D eigenvalue weighted by molar-refractivity contribution is -0.166. The number of Topliss-reactive ketones (excluding diaryl/α,β-unsaturated/α-hetero) is 3. The number of carbonyl (C=O) groups excluding carboxylic acids is 4. The Morgan fingerprint density at radius 3 is 2.24 bits per heavy atom. The predicted octanol–water partition coefficient (Wildman–Crippen LogP) is 3.81. The smallest absolute Gasteiger partial charge is 0.235 e. The molecule has 0 aliphatic heterocycles. The van der Waals surface area contributed by atoms with Gasteiger partial charge in [0, 0.05) is 36.4 Å². The Balaban J connectivity index is 1.73. The molecule has 0 radical (unpaired) electrons. The fourth-order valence-corrected chi connectivity index (χ4v) is 8.69. The van der Waals surface area contributed by atoms with Gasteiger partial charge in [-0.15, -0.1) is 0 Å². The second-order valence-corrected chi connectivity index (χ2v) is 16.3. The molecule has 312 valence electrons. The number of nitrogens with zero attached hydrogens (tertiary/aromatic N) is 3. The van der Waals surface area contributed by atoms with E-state index in [2.05, 4.69) is 25.3 Å². The molecule has 4 aromatic rings. The van der Waals surface area contributed by atoms with Crippen LogP contribution in [0.3, 0.4) is 0 Å². The summed E-state index contributed by atoms with van der Waals surface area (Å²) in [6.07, 6.45) is 7.69. The normalized spacial score (nSPS) is 18.9. The number of pyridine rings is 2. The van der Waals surface area contributed by atoms with Crippen molar-refractivity contribution in [3.63, 3.8) is 0 Å². The second kappa shape index (κ2) is 19.8. The maximum atomic E-state index is 15.6. The summed E-state index contributed by atoms with van der Waals surface area (Å²) in [6, 6.07) is 8.28. The highest BCUT2D eigenvalue weighted by Gasteiger charge is 2.62. The van der Waals surface area contributed by atoms with Crippen LogP contribution in [-0.2, 0) is 25.6 Å². The molecule has 14 heteroatoms. The molecule has 0 spiro atoms. The molecule has 3 heterocycles. The molecule has 3 aromatic heterocycles. The number of nitrogens with one attached hydrogen (secondary N) is 2. The molecule has 1 aromatic carbocycles. The first-order valence-corrected chi connectivity index (χ1v) is 20.5. The Kier molecular flexibility index (Phi) is 15.2. The first kappa shape index (κ1) is 44.4. The highest BCUT2D eigenvalue weighted by atomic mass is 16.3. The number of imidazole rings is 1. The monoisotopic (exact) mass is 796 g/mol. The minimum Gasteiger partial charge on any atom is -0.391 e. The van der Waals surface area contributed by atoms with E-state index in [9.17, 15) is 15.0 Å². The first-order valence-electron chi connectivity index (χ1n) is 20.5. The number of hydrogen-bond donors (Lipinski definition) is 7. The Hall–Kier alpha value is -4.73. The summed E-state index contributed by atoms with van der Waals surface area (Å²) in [4.78, 5) is 76.6. The molecule has 14 nitrogen and oxygen atoms in total. The molecule has 3 unspecified atom stereocenters. The van der Waals surface area contributed by atoms with Crippen molar-refractivity contribution in [3.8, 4) is 0 Å². The van der Waals surface area contributed by atoms with Gasteiger partial charge in [-0.25, -0.2) is 4.98 Å². The van der Waals surface area contributed by atoms with Crippen molar-refractivity contribution in [1.29, 1.82) is 0 Å². The third-order valence-electron chi connectivity index (χ3n) is 12.3. The summed E-state index contributed by atoms with van der Waals surface area (Å²) < 4.78 is 0. The van der Waals surface area contributed by atoms with E-state index in [1.807, 2.05) is 13.8 Å². The van der Waals surface area contributed by atoms with E-state index in [4.69, 9.17) is 17.2 Å². The van der Waals surface area contributed by atoms with Gasteiger partial charge in [0.15, 0.2) is 17.3 Å². The van der Waals surface area contributed by atoms with E-state index in [1.165, 1.54) is 24.8 Å². The summed E-state index contributed by atoms with van der Waals surface area (Å²) >= 11 is 0. The quantitative estimate of drug-likeness (QED) is 0.0631. The van der Waals surface area contributed by atoms with Gasteiger partial charge in [0.25, 0.3) is 0 Å². The maximum Gasteiger partial charge on any atom is 0.235 e. The number of nitrogens with two attached hydrogens (primary N) is 3. The third kappa shape index (κ3) is 9.42. The van der Waals surface area contributed by atoms with E-state index in [1.54, 1.807) is 62.5 Å². The van der Waals surface area contributed by atoms with Crippen molar-refractivity contribution in [2.75, 3.05) is 0 Å². The average molecular weight is 797 g/mol. The predicted molar refractivity (Wildman–Crippen MR) is 220 cm³/mol. The van der Waals surface area contributed by atoms with Crippen LogP contribution >= 0.6 is 0 Å². The van der Waals surface area contributed by atoms with Crippen LogP contribution in [0.15, 0.2) is 73.4 Å². The highest BCUT2D eigenvalue weighted by molar-refractivity contribution is 6.14. The molecule has 58 heavy (non-hydrogen) atoms. The van der Waals surface area contributed by atoms with E-state index < -0.39 is 76.9 Å². The molecule has 0 bridgehead atoms. The Morgan fingerprint density at radius 1 is 0.897 bits per heavy atom. The van der Waals surface area contributed by atoms with Crippen molar-refractivity contribution in [2.24, 2.45) is 46.3 Å². The third-order valence-corrected chi connectivity index (χ3v) is 12.3. The molecule has 1 amide bonds. The minimum atomic E-state index is -2.51. The average Bonchev–Trinajstić information content (AvgIpc) is 3.76. The lowest BCUT2D eigenvalue weighted by atomic mass is 9.57. The standard InChI is InChI=1S/C44H60N8O6/c1-5-26(4)36(47)41(56)37(34-17-11-12-19-49-34)52-43(58)44(25(2)3,42(57)32(46)22-28-23-48-24-51-28)35(39(54)31(45)21-27-13-7-6-8-14-27)40(55)38(53)30-18-20-50-33-16-10-9-15-29(30)33/h9-12,15-20,23-27,31-32,35-39,53-54H,5-8,13-14,21-22,45-47H2,1-4H3,(H,48,51)(H,52,58)/t26-,31-,32-,35?,36-,37?,38?,39+,44-/m0/s1. The van der Waals surface area contributed by atoms with E-state index in [0.29, 0.717) is 29.4 Å². The van der Waals surface area contributed by atoms with Crippen LogP contribution in [0.4, 0.5) is 0 Å². The van der Waals surface area contributed by atoms with Crippen LogP contribution < -0.4 is 22.5 Å². The first-order chi connectivity index (χ1) is 27.7. The minimum absolute atomic E-state index is 0.131. The number of hydrogen-bond acceptors (Lipinski definition) is 12. The van der Waals surface area contributed by atoms with Crippen molar-refractivity contribution >= 4 is 34.2 Å². The number of aromatic nitrogens is 4. The van der Waals surface area contributed by atoms with Crippen LogP contribution in [0.1, 0.15) is 102 Å². The fourth-order valence-electron chi connectivity index (χ4n) is 8.69. The van der Waals surface area contributed by atoms with Gasteiger partial charge in [-0.1, -0.05) is 90.5 Å². The summed E-state index contributed by atoms with van der Waals surface area (Å²) in [5.74, 6) is -6.68. The van der Waals surface area contributed by atoms with Crippen LogP contribution in [0.5, 0.6) is 0 Å². The van der Waals surface area contributed by atoms with E-state index in [-0.39, 0.29) is 29.5 Å². The van der Waals surface area contributed by atoms with Gasteiger partial charge < -0.3 is 37.7 Å². The molecular weight excluding hydrogens is 737 g/mol. The van der Waals surface area contributed by atoms with Gasteiger partial charge in [0.1, 0.15) is 17.6 Å². The lowest BCUT2D eigenvalue weighted by Crippen LogP contribution is -2.66. The number of benzene rings is 1. The molecule has 5 rings (SSSR count). The number of amides is 1. The zero-order chi connectivity index (χ0) is 42.1. The summed E-state index contributed by atoms with van der Waals surface area (Å²) in [5.41, 5.74) is 18.8. The zero-order valence-corrected chi connectivity index (χ0v) is 34.0. The van der Waals surface area contributed by atoms with E-state index >= 15 is 14.4 Å². The molecule has 10 N–H and O–H groups in total. The highest BCUT2D eigenvalue weighted by Crippen LogP contribution is 2.45. The molecule has 1 aliphatic carbocycles. The number of aromatic amines is 1. The van der Waals surface area contributed by atoms with Gasteiger partial charge in [0.05, 0.1) is 47.3 Å². The molecular formula is C44H60N8O6. The van der Waals surface area contributed by atoms with Crippen molar-refractivity contribution in [1.82, 2.24) is 25.3 Å². The molecule has 1 fully saturated rings. The van der Waals surface area contributed by atoms with Gasteiger partial charge in [-0.2, -0.15) is 0 Å². The van der Waals surface area contributed by atoms with Gasteiger partial charge in [0.2, 0.25) is 5.91 Å². The second-order valence-electron chi connectivity index (χ2n) is 16.3. The number of fused-ring (bicyclic) bond motifs is 1. The van der Waals surface area contributed by atoms with Crippen LogP contribution in [-0.4, -0.2) is 77.6 Å². The fraction of sp³-hybridized carbons (Fsp3) is 0.523. The number of ketones is 3. The zero-order valence-electron chi connectivity index (χ0n) is 34.0. The maximum absolute atomic E-state index is 15.6. The largest absolute Gasteiger partial charge is 0.391 e. The summed E-state index contributed by atoms with van der Waals surface area (Å²) in [5, 5.41) is 28.0. The number of para-hydroxylation sites is 1. The molecule has 1 saturated carbocycles. The molecule has 0 saturated heterocycles. The van der Waals surface area contributed by atoms with Crippen molar-refractivity contribution in [2.45, 2.75) is 115 Å². The van der Waals surface area contributed by atoms with Crippen molar-refractivity contribution < 1.29 is 29.4 Å². The number of H-pyrrole nitrogens is 1. The Bertz CT molecular complexity index is 1980. The number of aliphatic hydroxyl groups excluding tert-OH is 2. The van der Waals surface area contributed by atoms with Crippen LogP contribution in [0.2, 0.25) is 0 Å². The van der Waals surface area contributed by atoms with Gasteiger partial charge >= 0.3 is 0 Å². The van der Waals surface area contributed by atoms with Gasteiger partial charge in [-0.05, 0) is 54.0 Å². The Labute approximate surface area is 340 Å². The summed E-state index contributed by atoms with van der Waals surface area (Å²) in [6.45, 7) is 6.86.